The zero-order valence-electron chi connectivity index (χ0n) is 19.7. The third-order valence-corrected chi connectivity index (χ3v) is 7.44. The Balaban J connectivity index is 1.54. The van der Waals surface area contributed by atoms with Crippen molar-refractivity contribution in [3.63, 3.8) is 0 Å². The van der Waals surface area contributed by atoms with Crippen LogP contribution in [0.2, 0.25) is 5.02 Å². The molecule has 1 aromatic heterocycles. The Morgan fingerprint density at radius 1 is 1.06 bits per heavy atom. The highest BCUT2D eigenvalue weighted by molar-refractivity contribution is 7.90. The lowest BCUT2D eigenvalue weighted by Gasteiger charge is -2.22. The molecule has 9 nitrogen and oxygen atoms in total. The fourth-order valence-electron chi connectivity index (χ4n) is 3.95. The maximum Gasteiger partial charge on any atom is 0.243 e. The van der Waals surface area contributed by atoms with E-state index in [2.05, 4.69) is 15.1 Å². The number of amides is 2. The second-order valence-corrected chi connectivity index (χ2v) is 10.8. The van der Waals surface area contributed by atoms with E-state index in [4.69, 9.17) is 11.6 Å². The van der Waals surface area contributed by atoms with Gasteiger partial charge >= 0.3 is 0 Å². The molecule has 0 fully saturated rings. The van der Waals surface area contributed by atoms with Crippen LogP contribution in [0.1, 0.15) is 56.2 Å². The number of nitrogens with one attached hydrogen (secondary N) is 1. The van der Waals surface area contributed by atoms with Crippen molar-refractivity contribution in [3.05, 3.63) is 71.0 Å². The Morgan fingerprint density at radius 3 is 2.50 bits per heavy atom. The highest BCUT2D eigenvalue weighted by Crippen LogP contribution is 2.34. The summed E-state index contributed by atoms with van der Waals surface area (Å²) in [6.45, 7) is 1.86. The van der Waals surface area contributed by atoms with Crippen molar-refractivity contribution >= 4 is 50.2 Å². The van der Waals surface area contributed by atoms with Gasteiger partial charge in [0, 0.05) is 36.7 Å². The average Bonchev–Trinajstić information content (AvgIpc) is 3.31. The van der Waals surface area contributed by atoms with Crippen LogP contribution >= 0.6 is 11.6 Å². The molecule has 0 saturated heterocycles. The van der Waals surface area contributed by atoms with E-state index < -0.39 is 22.0 Å². The second kappa shape index (κ2) is 11.1. The minimum Gasteiger partial charge on any atom is -0.274 e. The normalized spacial score (nSPS) is 15.7. The molecule has 0 aliphatic carbocycles. The fraction of sp³-hybridized carbons (Fsp3) is 0.320. The van der Waals surface area contributed by atoms with Crippen LogP contribution in [0.15, 0.2) is 60.0 Å². The molecule has 1 atom stereocenters. The Morgan fingerprint density at radius 2 is 1.78 bits per heavy atom. The molecule has 0 spiro atoms. The van der Waals surface area contributed by atoms with Crippen LogP contribution < -0.4 is 4.72 Å². The predicted molar refractivity (Wildman–Crippen MR) is 138 cm³/mol. The Bertz CT molecular complexity index is 1410. The molecule has 1 N–H and O–H groups in total. The van der Waals surface area contributed by atoms with E-state index in [0.29, 0.717) is 35.5 Å². The van der Waals surface area contributed by atoms with Crippen LogP contribution in [0.3, 0.4) is 0 Å². The molecule has 0 saturated carbocycles. The monoisotopic (exact) mass is 527 g/mol. The Hall–Kier alpha value is -3.37. The van der Waals surface area contributed by atoms with Crippen LogP contribution in [-0.2, 0) is 19.6 Å². The first-order valence-corrected chi connectivity index (χ1v) is 13.7. The summed E-state index contributed by atoms with van der Waals surface area (Å²) in [4.78, 5) is 34.1. The Kier molecular flexibility index (Phi) is 7.95. The van der Waals surface area contributed by atoms with E-state index >= 15 is 0 Å². The number of carbonyl (C=O) groups excluding carboxylic acids is 2. The molecule has 4 rings (SSSR count). The molecule has 188 valence electrons. The van der Waals surface area contributed by atoms with Gasteiger partial charge in [0.15, 0.2) is 0 Å². The first-order valence-electron chi connectivity index (χ1n) is 11.6. The maximum absolute atomic E-state index is 13.2. The van der Waals surface area contributed by atoms with E-state index in [-0.39, 0.29) is 24.5 Å². The van der Waals surface area contributed by atoms with Crippen molar-refractivity contribution in [3.8, 4) is 0 Å². The number of fused-ring (bicyclic) bond motifs is 1. The third-order valence-electron chi connectivity index (χ3n) is 5.82. The molecule has 11 heteroatoms. The van der Waals surface area contributed by atoms with Gasteiger partial charge in [-0.3, -0.25) is 24.3 Å². The topological polar surface area (TPSA) is 122 Å². The van der Waals surface area contributed by atoms with Crippen LogP contribution in [0, 0.1) is 0 Å². The van der Waals surface area contributed by atoms with E-state index in [0.717, 1.165) is 16.6 Å². The first-order chi connectivity index (χ1) is 17.3. The van der Waals surface area contributed by atoms with Crippen LogP contribution in [-0.4, -0.2) is 46.7 Å². The minimum atomic E-state index is -3.71. The zero-order valence-corrected chi connectivity index (χ0v) is 21.3. The van der Waals surface area contributed by atoms with Gasteiger partial charge in [0.05, 0.1) is 28.5 Å². The van der Waals surface area contributed by atoms with Crippen molar-refractivity contribution in [2.24, 2.45) is 5.10 Å². The summed E-state index contributed by atoms with van der Waals surface area (Å²) in [7, 11) is -3.71. The lowest BCUT2D eigenvalue weighted by atomic mass is 9.98. The standard InChI is InChI=1S/C25H26ClN5O4S/c1-2-3-14-36(34,35)30-24(32)10-11-25(33)31-23(16-21(29-31)17-4-7-19(26)8-5-17)18-6-9-20-22(15-18)28-13-12-27-20/h4-9,12-13,15,23H,2-3,10-11,14,16H2,1H3,(H,30,32). The van der Waals surface area contributed by atoms with Crippen molar-refractivity contribution in [2.45, 2.75) is 45.1 Å². The number of carbonyl (C=O) groups is 2. The molecule has 2 amide bonds. The molecule has 2 heterocycles. The lowest BCUT2D eigenvalue weighted by Crippen LogP contribution is -2.34. The van der Waals surface area contributed by atoms with Crippen molar-refractivity contribution in [1.82, 2.24) is 19.7 Å². The second-order valence-electron chi connectivity index (χ2n) is 8.51. The van der Waals surface area contributed by atoms with Gasteiger partial charge in [-0.1, -0.05) is 43.1 Å². The first kappa shape index (κ1) is 25.7. The van der Waals surface area contributed by atoms with Crippen molar-refractivity contribution < 1.29 is 18.0 Å². The fourth-order valence-corrected chi connectivity index (χ4v) is 5.29. The van der Waals surface area contributed by atoms with Gasteiger partial charge in [-0.15, -0.1) is 0 Å². The summed E-state index contributed by atoms with van der Waals surface area (Å²) in [5.41, 5.74) is 3.79. The molecule has 3 aromatic rings. The third kappa shape index (κ3) is 6.24. The van der Waals surface area contributed by atoms with Crippen LogP contribution in [0.4, 0.5) is 0 Å². The number of rotatable bonds is 9. The van der Waals surface area contributed by atoms with Gasteiger partial charge in [-0.2, -0.15) is 5.10 Å². The highest BCUT2D eigenvalue weighted by Gasteiger charge is 2.33. The number of nitrogens with zero attached hydrogens (tertiary/aromatic N) is 4. The van der Waals surface area contributed by atoms with E-state index in [1.807, 2.05) is 42.0 Å². The SMILES string of the molecule is CCCCS(=O)(=O)NC(=O)CCC(=O)N1N=C(c2ccc(Cl)cc2)CC1c1ccc2nccnc2c1. The minimum absolute atomic E-state index is 0.128. The van der Waals surface area contributed by atoms with Crippen molar-refractivity contribution in [2.75, 3.05) is 5.75 Å². The summed E-state index contributed by atoms with van der Waals surface area (Å²) in [6, 6.07) is 12.4. The van der Waals surface area contributed by atoms with E-state index in [1.165, 1.54) is 5.01 Å². The molecular formula is C25H26ClN5O4S. The summed E-state index contributed by atoms with van der Waals surface area (Å²) in [6.07, 6.45) is 4.37. The highest BCUT2D eigenvalue weighted by atomic mass is 35.5. The van der Waals surface area contributed by atoms with Crippen molar-refractivity contribution in [1.29, 1.82) is 0 Å². The van der Waals surface area contributed by atoms with Crippen LogP contribution in [0.25, 0.3) is 11.0 Å². The largest absolute Gasteiger partial charge is 0.274 e. The molecule has 36 heavy (non-hydrogen) atoms. The van der Waals surface area contributed by atoms with Gasteiger partial charge in [0.2, 0.25) is 21.8 Å². The summed E-state index contributed by atoms with van der Waals surface area (Å²) >= 11 is 6.02. The number of hydrogen-bond donors (Lipinski definition) is 1. The van der Waals surface area contributed by atoms with Gasteiger partial charge in [0.1, 0.15) is 0 Å². The molecular weight excluding hydrogens is 502 g/mol. The number of aromatic nitrogens is 2. The number of hydrogen-bond acceptors (Lipinski definition) is 7. The molecule has 1 unspecified atom stereocenters. The number of hydrazone groups is 1. The lowest BCUT2D eigenvalue weighted by molar-refractivity contribution is -0.134. The Labute approximate surface area is 214 Å². The quantitative estimate of drug-likeness (QED) is 0.449. The zero-order chi connectivity index (χ0) is 25.7. The van der Waals surface area contributed by atoms with Gasteiger partial charge in [-0.25, -0.2) is 13.4 Å². The molecule has 2 aromatic carbocycles. The van der Waals surface area contributed by atoms with Gasteiger partial charge in [-0.05, 0) is 41.8 Å². The van der Waals surface area contributed by atoms with Crippen LogP contribution in [0.5, 0.6) is 0 Å². The number of unbranched alkanes of at least 4 members (excludes halogenated alkanes) is 1. The van der Waals surface area contributed by atoms with Gasteiger partial charge < -0.3 is 0 Å². The number of halogens is 1. The molecule has 0 radical (unpaired) electrons. The summed E-state index contributed by atoms with van der Waals surface area (Å²) < 4.78 is 26.0. The molecule has 1 aliphatic heterocycles. The van der Waals surface area contributed by atoms with E-state index in [1.54, 1.807) is 24.5 Å². The maximum atomic E-state index is 13.2. The number of sulfonamides is 1. The molecule has 0 bridgehead atoms. The average molecular weight is 528 g/mol. The molecule has 1 aliphatic rings. The summed E-state index contributed by atoms with van der Waals surface area (Å²) in [5.74, 6) is -1.22. The van der Waals surface area contributed by atoms with Gasteiger partial charge in [0.25, 0.3) is 0 Å². The smallest absolute Gasteiger partial charge is 0.243 e. The van der Waals surface area contributed by atoms with E-state index in [9.17, 15) is 18.0 Å². The predicted octanol–water partition coefficient (Wildman–Crippen LogP) is 3.99. The number of benzene rings is 2. The summed E-state index contributed by atoms with van der Waals surface area (Å²) in [5, 5.41) is 6.56.